The highest BCUT2D eigenvalue weighted by Crippen LogP contribution is 2.29. The minimum Gasteiger partial charge on any atom is -0.352 e. The van der Waals surface area contributed by atoms with E-state index >= 15 is 0 Å². The lowest BCUT2D eigenvalue weighted by Gasteiger charge is -2.03. The molecule has 0 saturated carbocycles. The van der Waals surface area contributed by atoms with Crippen LogP contribution in [-0.2, 0) is 6.42 Å². The van der Waals surface area contributed by atoms with Crippen molar-refractivity contribution in [2.24, 2.45) is 0 Å². The summed E-state index contributed by atoms with van der Waals surface area (Å²) in [5.74, 6) is -0.187. The van der Waals surface area contributed by atoms with E-state index in [1.807, 2.05) is 6.92 Å². The van der Waals surface area contributed by atoms with E-state index in [9.17, 15) is 9.59 Å². The SMILES string of the molecule is Cc1nc(-c2ccc(CCNC(=O)c3ccc(=O)[nH]c3)s2)cs1. The Bertz CT molecular complexity index is 859. The van der Waals surface area contributed by atoms with Crippen LogP contribution in [-0.4, -0.2) is 22.4 Å². The molecule has 7 heteroatoms. The lowest BCUT2D eigenvalue weighted by atomic mass is 10.2. The van der Waals surface area contributed by atoms with E-state index in [1.54, 1.807) is 22.7 Å². The van der Waals surface area contributed by atoms with Crippen molar-refractivity contribution >= 4 is 28.6 Å². The molecule has 5 nitrogen and oxygen atoms in total. The lowest BCUT2D eigenvalue weighted by Crippen LogP contribution is -2.26. The molecular weight excluding hydrogens is 330 g/mol. The minimum absolute atomic E-state index is 0.187. The van der Waals surface area contributed by atoms with Gasteiger partial charge in [0.25, 0.3) is 5.91 Å². The summed E-state index contributed by atoms with van der Waals surface area (Å²) in [4.78, 5) is 32.2. The van der Waals surface area contributed by atoms with Crippen molar-refractivity contribution in [3.05, 3.63) is 61.6 Å². The van der Waals surface area contributed by atoms with Gasteiger partial charge in [0.1, 0.15) is 0 Å². The number of thiophene rings is 1. The molecule has 0 fully saturated rings. The molecule has 23 heavy (non-hydrogen) atoms. The van der Waals surface area contributed by atoms with Crippen LogP contribution in [0.1, 0.15) is 20.2 Å². The summed E-state index contributed by atoms with van der Waals surface area (Å²) in [6.45, 7) is 2.54. The van der Waals surface area contributed by atoms with Gasteiger partial charge in [-0.15, -0.1) is 22.7 Å². The summed E-state index contributed by atoms with van der Waals surface area (Å²) in [6.07, 6.45) is 2.19. The highest BCUT2D eigenvalue weighted by atomic mass is 32.1. The number of H-pyrrole nitrogens is 1. The number of aryl methyl sites for hydroxylation is 1. The van der Waals surface area contributed by atoms with Gasteiger partial charge in [-0.05, 0) is 31.5 Å². The van der Waals surface area contributed by atoms with Crippen molar-refractivity contribution in [2.45, 2.75) is 13.3 Å². The predicted molar refractivity (Wildman–Crippen MR) is 93.3 cm³/mol. The smallest absolute Gasteiger partial charge is 0.252 e. The van der Waals surface area contributed by atoms with Crippen LogP contribution in [0.25, 0.3) is 10.6 Å². The topological polar surface area (TPSA) is 74.8 Å². The quantitative estimate of drug-likeness (QED) is 0.747. The second-order valence-electron chi connectivity index (χ2n) is 4.97. The van der Waals surface area contributed by atoms with Gasteiger partial charge >= 0.3 is 0 Å². The second-order valence-corrected chi connectivity index (χ2v) is 7.20. The molecule has 3 aromatic rings. The van der Waals surface area contributed by atoms with Crippen molar-refractivity contribution in [3.63, 3.8) is 0 Å². The molecule has 2 N–H and O–H groups in total. The number of amides is 1. The molecule has 118 valence electrons. The van der Waals surface area contributed by atoms with Crippen molar-refractivity contribution in [1.29, 1.82) is 0 Å². The van der Waals surface area contributed by atoms with Crippen LogP contribution < -0.4 is 10.9 Å². The Labute approximate surface area is 141 Å². The third kappa shape index (κ3) is 3.94. The minimum atomic E-state index is -0.218. The van der Waals surface area contributed by atoms with E-state index in [0.29, 0.717) is 12.1 Å². The number of hydrogen-bond acceptors (Lipinski definition) is 5. The summed E-state index contributed by atoms with van der Waals surface area (Å²) in [5.41, 5.74) is 1.25. The first-order valence-corrected chi connectivity index (χ1v) is 8.79. The molecular formula is C16H15N3O2S2. The van der Waals surface area contributed by atoms with Crippen LogP contribution in [0.5, 0.6) is 0 Å². The number of nitrogens with zero attached hydrogens (tertiary/aromatic N) is 1. The van der Waals surface area contributed by atoms with Gasteiger partial charge in [-0.2, -0.15) is 0 Å². The number of nitrogens with one attached hydrogen (secondary N) is 2. The first-order valence-electron chi connectivity index (χ1n) is 7.10. The molecule has 0 unspecified atom stereocenters. The molecule has 0 saturated heterocycles. The van der Waals surface area contributed by atoms with Crippen LogP contribution in [0, 0.1) is 6.92 Å². The summed E-state index contributed by atoms with van der Waals surface area (Å²) >= 11 is 3.34. The van der Waals surface area contributed by atoms with Gasteiger partial charge in [0, 0.05) is 29.1 Å². The Morgan fingerprint density at radius 3 is 2.87 bits per heavy atom. The van der Waals surface area contributed by atoms with Gasteiger partial charge in [0.2, 0.25) is 5.56 Å². The van der Waals surface area contributed by atoms with Crippen LogP contribution in [0.2, 0.25) is 0 Å². The molecule has 0 aliphatic heterocycles. The zero-order chi connectivity index (χ0) is 16.2. The van der Waals surface area contributed by atoms with Crippen molar-refractivity contribution in [1.82, 2.24) is 15.3 Å². The van der Waals surface area contributed by atoms with Crippen LogP contribution >= 0.6 is 22.7 Å². The first-order chi connectivity index (χ1) is 11.1. The molecule has 0 radical (unpaired) electrons. The molecule has 0 spiro atoms. The van der Waals surface area contributed by atoms with Gasteiger partial charge < -0.3 is 10.3 Å². The lowest BCUT2D eigenvalue weighted by molar-refractivity contribution is 0.0954. The molecule has 0 bridgehead atoms. The van der Waals surface area contributed by atoms with Crippen molar-refractivity contribution in [2.75, 3.05) is 6.54 Å². The predicted octanol–water partition coefficient (Wildman–Crippen LogP) is 2.84. The summed E-state index contributed by atoms with van der Waals surface area (Å²) in [7, 11) is 0. The van der Waals surface area contributed by atoms with Crippen molar-refractivity contribution in [3.8, 4) is 10.6 Å². The van der Waals surface area contributed by atoms with Crippen LogP contribution in [0.15, 0.2) is 40.6 Å². The molecule has 3 aromatic heterocycles. The maximum Gasteiger partial charge on any atom is 0.252 e. The summed E-state index contributed by atoms with van der Waals surface area (Å²) < 4.78 is 0. The third-order valence-corrected chi connectivity index (χ3v) is 5.18. The van der Waals surface area contributed by atoms with Crippen molar-refractivity contribution < 1.29 is 4.79 Å². The molecule has 0 aromatic carbocycles. The van der Waals surface area contributed by atoms with E-state index in [1.165, 1.54) is 23.2 Å². The number of thiazole rings is 1. The van der Waals surface area contributed by atoms with Gasteiger partial charge in [-0.3, -0.25) is 9.59 Å². The zero-order valence-corrected chi connectivity index (χ0v) is 14.1. The standard InChI is InChI=1S/C16H15N3O2S2/c1-10-19-13(9-22-10)14-4-3-12(23-14)6-7-17-16(21)11-2-5-15(20)18-8-11/h2-5,8-9H,6-7H2,1H3,(H,17,21)(H,18,20). The monoisotopic (exact) mass is 345 g/mol. The fourth-order valence-electron chi connectivity index (χ4n) is 2.08. The van der Waals surface area contributed by atoms with Gasteiger partial charge in [-0.1, -0.05) is 0 Å². The second kappa shape index (κ2) is 6.89. The number of aromatic nitrogens is 2. The Hall–Kier alpha value is -2.25. The number of carbonyl (C=O) groups is 1. The van der Waals surface area contributed by atoms with E-state index in [0.717, 1.165) is 22.0 Å². The number of carbonyl (C=O) groups excluding carboxylic acids is 1. The molecule has 3 heterocycles. The number of hydrogen-bond donors (Lipinski definition) is 2. The fourth-order valence-corrected chi connectivity index (χ4v) is 3.74. The molecule has 3 rings (SSSR count). The molecule has 0 aliphatic rings. The number of aromatic amines is 1. The zero-order valence-electron chi connectivity index (χ0n) is 12.5. The summed E-state index contributed by atoms with van der Waals surface area (Å²) in [5, 5.41) is 5.97. The maximum absolute atomic E-state index is 11.9. The average Bonchev–Trinajstić information content (AvgIpc) is 3.17. The van der Waals surface area contributed by atoms with Crippen LogP contribution in [0.4, 0.5) is 0 Å². The Kier molecular flexibility index (Phi) is 4.68. The van der Waals surface area contributed by atoms with Gasteiger partial charge in [0.05, 0.1) is 21.1 Å². The van der Waals surface area contributed by atoms with Crippen LogP contribution in [0.3, 0.4) is 0 Å². The highest BCUT2D eigenvalue weighted by molar-refractivity contribution is 7.16. The number of rotatable bonds is 5. The van der Waals surface area contributed by atoms with E-state index < -0.39 is 0 Å². The fraction of sp³-hybridized carbons (Fsp3) is 0.188. The largest absolute Gasteiger partial charge is 0.352 e. The first kappa shape index (κ1) is 15.6. The number of pyridine rings is 1. The highest BCUT2D eigenvalue weighted by Gasteiger charge is 2.08. The molecule has 0 atom stereocenters. The Morgan fingerprint density at radius 2 is 2.17 bits per heavy atom. The Balaban J connectivity index is 1.55. The van der Waals surface area contributed by atoms with Gasteiger partial charge in [0.15, 0.2) is 0 Å². The van der Waals surface area contributed by atoms with E-state index in [4.69, 9.17) is 0 Å². The molecule has 1 amide bonds. The van der Waals surface area contributed by atoms with E-state index in [-0.39, 0.29) is 11.5 Å². The van der Waals surface area contributed by atoms with E-state index in [2.05, 4.69) is 32.8 Å². The normalized spacial score (nSPS) is 10.7. The maximum atomic E-state index is 11.9. The summed E-state index contributed by atoms with van der Waals surface area (Å²) in [6, 6.07) is 7.00. The Morgan fingerprint density at radius 1 is 1.30 bits per heavy atom. The third-order valence-electron chi connectivity index (χ3n) is 3.24. The van der Waals surface area contributed by atoms with Gasteiger partial charge in [-0.25, -0.2) is 4.98 Å². The average molecular weight is 345 g/mol. The molecule has 0 aliphatic carbocycles.